The van der Waals surface area contributed by atoms with Crippen LogP contribution < -0.4 is 9.80 Å². The molecule has 1 saturated heterocycles. The Hall–Kier alpha value is -3.74. The minimum Gasteiger partial charge on any atom is -0.306 e. The third-order valence-electron chi connectivity index (χ3n) is 8.17. The molecular formula is C29H29N3O4. The highest BCUT2D eigenvalue weighted by Gasteiger charge is 2.50. The highest BCUT2D eigenvalue weighted by atomic mass is 16.2. The molecule has 2 aromatic carbocycles. The highest BCUT2D eigenvalue weighted by Crippen LogP contribution is 2.44. The molecule has 0 aromatic heterocycles. The zero-order valence-electron chi connectivity index (χ0n) is 20.1. The van der Waals surface area contributed by atoms with Crippen LogP contribution in [0.5, 0.6) is 0 Å². The number of anilines is 2. The minimum atomic E-state index is -0.367. The van der Waals surface area contributed by atoms with E-state index in [1.807, 2.05) is 66.7 Å². The predicted octanol–water partition coefficient (Wildman–Crippen LogP) is 3.69. The predicted molar refractivity (Wildman–Crippen MR) is 135 cm³/mol. The first-order chi connectivity index (χ1) is 17.5. The summed E-state index contributed by atoms with van der Waals surface area (Å²) in [5, 5.41) is 0. The molecule has 2 heterocycles. The number of hydrogen-bond donors (Lipinski definition) is 0. The van der Waals surface area contributed by atoms with Gasteiger partial charge in [-0.3, -0.25) is 24.1 Å². The molecule has 2 aromatic rings. The topological polar surface area (TPSA) is 78.0 Å². The molecule has 184 valence electrons. The summed E-state index contributed by atoms with van der Waals surface area (Å²) < 4.78 is 0. The summed E-state index contributed by atoms with van der Waals surface area (Å²) >= 11 is 0. The van der Waals surface area contributed by atoms with E-state index in [9.17, 15) is 19.2 Å². The van der Waals surface area contributed by atoms with Crippen LogP contribution >= 0.6 is 0 Å². The summed E-state index contributed by atoms with van der Waals surface area (Å²) in [5.41, 5.74) is 2.37. The van der Waals surface area contributed by atoms with Gasteiger partial charge in [-0.05, 0) is 43.4 Å². The third-order valence-corrected chi connectivity index (χ3v) is 8.17. The lowest BCUT2D eigenvalue weighted by Gasteiger charge is -2.31. The number of allylic oxidation sites excluding steroid dienone is 2. The maximum Gasteiger partial charge on any atom is 0.247 e. The number of amides is 4. The van der Waals surface area contributed by atoms with E-state index in [0.717, 1.165) is 16.9 Å². The normalized spacial score (nSPS) is 27.1. The van der Waals surface area contributed by atoms with Crippen molar-refractivity contribution < 1.29 is 19.2 Å². The second-order valence-corrected chi connectivity index (χ2v) is 10.2. The SMILES string of the molecule is O=C1C2CC=CCC2C(=O)N1CC(=O)N1c2ccccc2N(Cc2ccccc2)C(=O)C2CCC[C@H]21. The first-order valence-corrected chi connectivity index (χ1v) is 12.8. The van der Waals surface area contributed by atoms with E-state index in [1.54, 1.807) is 9.80 Å². The first kappa shape index (κ1) is 22.7. The van der Waals surface area contributed by atoms with Crippen molar-refractivity contribution in [3.8, 4) is 0 Å². The molecule has 36 heavy (non-hydrogen) atoms. The molecule has 7 nitrogen and oxygen atoms in total. The number of carbonyl (C=O) groups excluding carboxylic acids is 4. The number of fused-ring (bicyclic) bond motifs is 3. The van der Waals surface area contributed by atoms with Gasteiger partial charge in [-0.25, -0.2) is 0 Å². The van der Waals surface area contributed by atoms with Gasteiger partial charge in [-0.2, -0.15) is 0 Å². The molecule has 4 atom stereocenters. The first-order valence-electron chi connectivity index (χ1n) is 12.8. The van der Waals surface area contributed by atoms with Crippen molar-refractivity contribution in [1.82, 2.24) is 4.90 Å². The minimum absolute atomic E-state index is 0.0227. The van der Waals surface area contributed by atoms with Gasteiger partial charge in [0.15, 0.2) is 0 Å². The molecule has 7 heteroatoms. The second kappa shape index (κ2) is 9.04. The van der Waals surface area contributed by atoms with Crippen LogP contribution in [0, 0.1) is 17.8 Å². The highest BCUT2D eigenvalue weighted by molar-refractivity contribution is 6.11. The van der Waals surface area contributed by atoms with E-state index >= 15 is 0 Å². The molecule has 3 unspecified atom stereocenters. The fourth-order valence-corrected chi connectivity index (χ4v) is 6.42. The maximum absolute atomic E-state index is 13.9. The van der Waals surface area contributed by atoms with Crippen molar-refractivity contribution in [2.24, 2.45) is 17.8 Å². The molecule has 0 bridgehead atoms. The number of para-hydroxylation sites is 2. The van der Waals surface area contributed by atoms with Gasteiger partial charge < -0.3 is 9.80 Å². The molecule has 4 aliphatic rings. The van der Waals surface area contributed by atoms with E-state index in [-0.39, 0.29) is 54.0 Å². The lowest BCUT2D eigenvalue weighted by atomic mass is 9.85. The van der Waals surface area contributed by atoms with Crippen LogP contribution in [0.25, 0.3) is 0 Å². The molecule has 2 aliphatic heterocycles. The van der Waals surface area contributed by atoms with Crippen LogP contribution in [0.2, 0.25) is 0 Å². The van der Waals surface area contributed by atoms with Gasteiger partial charge in [0.05, 0.1) is 35.7 Å². The number of rotatable bonds is 4. The maximum atomic E-state index is 13.9. The Morgan fingerprint density at radius 1 is 0.722 bits per heavy atom. The van der Waals surface area contributed by atoms with E-state index in [1.165, 1.54) is 0 Å². The Balaban J connectivity index is 1.35. The van der Waals surface area contributed by atoms with Crippen molar-refractivity contribution in [3.05, 3.63) is 72.3 Å². The molecule has 4 amide bonds. The lowest BCUT2D eigenvalue weighted by molar-refractivity contribution is -0.143. The fraction of sp³-hybridized carbons (Fsp3) is 0.379. The van der Waals surface area contributed by atoms with Crippen molar-refractivity contribution >= 4 is 35.0 Å². The van der Waals surface area contributed by atoms with Crippen molar-refractivity contribution in [2.45, 2.75) is 44.7 Å². The zero-order valence-corrected chi connectivity index (χ0v) is 20.1. The van der Waals surface area contributed by atoms with Crippen LogP contribution in [0.15, 0.2) is 66.7 Å². The van der Waals surface area contributed by atoms with E-state index in [2.05, 4.69) is 0 Å². The summed E-state index contributed by atoms with van der Waals surface area (Å²) in [6.07, 6.45) is 7.25. The van der Waals surface area contributed by atoms with Gasteiger partial charge in [0, 0.05) is 6.04 Å². The van der Waals surface area contributed by atoms with Gasteiger partial charge in [0.25, 0.3) is 0 Å². The average molecular weight is 484 g/mol. The summed E-state index contributed by atoms with van der Waals surface area (Å²) in [7, 11) is 0. The van der Waals surface area contributed by atoms with Crippen LogP contribution in [0.4, 0.5) is 11.4 Å². The number of hydrogen-bond acceptors (Lipinski definition) is 4. The van der Waals surface area contributed by atoms with Crippen molar-refractivity contribution in [3.63, 3.8) is 0 Å². The molecule has 0 N–H and O–H groups in total. The monoisotopic (exact) mass is 483 g/mol. The number of imide groups is 1. The number of benzene rings is 2. The molecule has 0 spiro atoms. The van der Waals surface area contributed by atoms with Crippen molar-refractivity contribution in [1.29, 1.82) is 0 Å². The van der Waals surface area contributed by atoms with Crippen molar-refractivity contribution in [2.75, 3.05) is 16.3 Å². The molecule has 1 saturated carbocycles. The van der Waals surface area contributed by atoms with Gasteiger partial charge in [0.1, 0.15) is 6.54 Å². The Bertz CT molecular complexity index is 1230. The molecule has 6 rings (SSSR count). The summed E-state index contributed by atoms with van der Waals surface area (Å²) in [4.78, 5) is 58.5. The average Bonchev–Trinajstić information content (AvgIpc) is 3.45. The quantitative estimate of drug-likeness (QED) is 0.491. The third kappa shape index (κ3) is 3.65. The summed E-state index contributed by atoms with van der Waals surface area (Å²) in [6, 6.07) is 17.0. The van der Waals surface area contributed by atoms with Gasteiger partial charge in [-0.1, -0.05) is 61.0 Å². The lowest BCUT2D eigenvalue weighted by Crippen LogP contribution is -2.49. The van der Waals surface area contributed by atoms with Gasteiger partial charge in [0.2, 0.25) is 23.6 Å². The smallest absolute Gasteiger partial charge is 0.247 e. The van der Waals surface area contributed by atoms with Crippen LogP contribution in [0.1, 0.15) is 37.7 Å². The Labute approximate surface area is 210 Å². The Kier molecular flexibility index (Phi) is 5.70. The van der Waals surface area contributed by atoms with E-state index in [0.29, 0.717) is 43.6 Å². The molecule has 0 radical (unpaired) electrons. The molecular weight excluding hydrogens is 454 g/mol. The Morgan fingerprint density at radius 2 is 1.33 bits per heavy atom. The summed E-state index contributed by atoms with van der Waals surface area (Å²) in [5.74, 6) is -1.84. The number of nitrogens with zero attached hydrogens (tertiary/aromatic N) is 3. The Morgan fingerprint density at radius 3 is 2.03 bits per heavy atom. The largest absolute Gasteiger partial charge is 0.306 e. The molecule has 2 aliphatic carbocycles. The number of carbonyl (C=O) groups is 4. The van der Waals surface area contributed by atoms with E-state index < -0.39 is 0 Å². The summed E-state index contributed by atoms with van der Waals surface area (Å²) in [6.45, 7) is 0.135. The van der Waals surface area contributed by atoms with Crippen LogP contribution in [-0.4, -0.2) is 41.1 Å². The fourth-order valence-electron chi connectivity index (χ4n) is 6.42. The van der Waals surface area contributed by atoms with Crippen LogP contribution in [0.3, 0.4) is 0 Å². The zero-order chi connectivity index (χ0) is 24.8. The van der Waals surface area contributed by atoms with Gasteiger partial charge >= 0.3 is 0 Å². The van der Waals surface area contributed by atoms with E-state index in [4.69, 9.17) is 0 Å². The second-order valence-electron chi connectivity index (χ2n) is 10.2. The molecule has 2 fully saturated rings. The standard InChI is InChI=1S/C29H29N3O4/c33-26(18-31-27(34)20-11-4-5-12-21(20)28(31)35)32-23-16-8-13-22(23)29(36)30(17-19-9-2-1-3-10-19)24-14-6-7-15-25(24)32/h1-7,9-10,14-15,20-23H,8,11-13,16-18H2/t20?,21?,22?,23-/m1/s1. The number of likely N-dealkylation sites (tertiary alicyclic amines) is 1. The van der Waals surface area contributed by atoms with Crippen LogP contribution in [-0.2, 0) is 25.7 Å². The van der Waals surface area contributed by atoms with Gasteiger partial charge in [-0.15, -0.1) is 0 Å².